The smallest absolute Gasteiger partial charge is 0.282 e. The van der Waals surface area contributed by atoms with E-state index in [0.29, 0.717) is 63.4 Å². The third kappa shape index (κ3) is 4.42. The van der Waals surface area contributed by atoms with Gasteiger partial charge in [0.15, 0.2) is 19.4 Å². The van der Waals surface area contributed by atoms with E-state index < -0.39 is 11.3 Å². The van der Waals surface area contributed by atoms with E-state index in [4.69, 9.17) is 28.5 Å². The molecule has 1 aliphatic carbocycles. The fourth-order valence-electron chi connectivity index (χ4n) is 5.15. The van der Waals surface area contributed by atoms with Crippen LogP contribution in [0.3, 0.4) is 0 Å². The fourth-order valence-corrected chi connectivity index (χ4v) is 5.15. The summed E-state index contributed by atoms with van der Waals surface area (Å²) in [6.45, 7) is 10.1. The van der Waals surface area contributed by atoms with E-state index in [1.807, 2.05) is 45.9 Å². The molecule has 2 aliphatic heterocycles. The Kier molecular flexibility index (Phi) is 7.40. The van der Waals surface area contributed by atoms with Gasteiger partial charge in [0, 0.05) is 26.1 Å². The van der Waals surface area contributed by atoms with Crippen LogP contribution in [0.15, 0.2) is 24.0 Å². The molecule has 8 nitrogen and oxygen atoms in total. The number of hydrogen-bond acceptors (Lipinski definition) is 7. The third-order valence-corrected chi connectivity index (χ3v) is 6.78. The van der Waals surface area contributed by atoms with Gasteiger partial charge >= 0.3 is 0 Å². The zero-order valence-corrected chi connectivity index (χ0v) is 20.1. The van der Waals surface area contributed by atoms with Crippen molar-refractivity contribution in [3.63, 3.8) is 0 Å². The van der Waals surface area contributed by atoms with Crippen LogP contribution in [-0.2, 0) is 33.3 Å². The SMILES string of the molecule is CCOCOC1=C(c2c(C)cccc2C)C(=O)N(OCOCC)C12CCC1(CC2)OCCO1. The van der Waals surface area contributed by atoms with Gasteiger partial charge < -0.3 is 23.7 Å². The van der Waals surface area contributed by atoms with E-state index in [2.05, 4.69) is 0 Å². The van der Waals surface area contributed by atoms with Gasteiger partial charge in [-0.2, -0.15) is 0 Å². The molecule has 4 rings (SSSR count). The minimum atomic E-state index is -0.782. The van der Waals surface area contributed by atoms with E-state index in [1.54, 1.807) is 0 Å². The summed E-state index contributed by atoms with van der Waals surface area (Å²) in [7, 11) is 0. The van der Waals surface area contributed by atoms with Gasteiger partial charge in [-0.3, -0.25) is 4.79 Å². The zero-order chi connectivity index (χ0) is 23.5. The molecule has 2 heterocycles. The summed E-state index contributed by atoms with van der Waals surface area (Å²) in [5.41, 5.74) is 2.64. The highest BCUT2D eigenvalue weighted by Gasteiger charge is 2.59. The summed E-state index contributed by atoms with van der Waals surface area (Å²) in [6.07, 6.45) is 2.44. The van der Waals surface area contributed by atoms with Crippen LogP contribution < -0.4 is 0 Å². The Bertz CT molecular complexity index is 860. The maximum absolute atomic E-state index is 13.9. The molecule has 33 heavy (non-hydrogen) atoms. The molecule has 8 heteroatoms. The Morgan fingerprint density at radius 1 is 0.939 bits per heavy atom. The average Bonchev–Trinajstić information content (AvgIpc) is 3.34. The predicted molar refractivity (Wildman–Crippen MR) is 121 cm³/mol. The molecule has 182 valence electrons. The summed E-state index contributed by atoms with van der Waals surface area (Å²) in [4.78, 5) is 19.9. The molecule has 2 fully saturated rings. The van der Waals surface area contributed by atoms with Crippen molar-refractivity contribution >= 4 is 11.5 Å². The number of ether oxygens (including phenoxy) is 5. The number of rotatable bonds is 9. The summed E-state index contributed by atoms with van der Waals surface area (Å²) < 4.78 is 29.2. The number of hydrogen-bond donors (Lipinski definition) is 0. The predicted octanol–water partition coefficient (Wildman–Crippen LogP) is 3.85. The molecule has 0 unspecified atom stereocenters. The van der Waals surface area contributed by atoms with Gasteiger partial charge in [0.25, 0.3) is 5.91 Å². The molecule has 0 N–H and O–H groups in total. The van der Waals surface area contributed by atoms with E-state index >= 15 is 0 Å². The Hall–Kier alpha value is -1.97. The largest absolute Gasteiger partial charge is 0.468 e. The number of carbonyl (C=O) groups excluding carboxylic acids is 1. The van der Waals surface area contributed by atoms with Gasteiger partial charge in [-0.05, 0) is 57.2 Å². The molecule has 1 amide bonds. The minimum Gasteiger partial charge on any atom is -0.468 e. The molecule has 3 aliphatic rings. The van der Waals surface area contributed by atoms with E-state index in [0.717, 1.165) is 16.7 Å². The number of carbonyl (C=O) groups is 1. The Morgan fingerprint density at radius 2 is 1.55 bits per heavy atom. The number of nitrogens with zero attached hydrogens (tertiary/aromatic N) is 1. The van der Waals surface area contributed by atoms with Gasteiger partial charge in [0.1, 0.15) is 11.3 Å². The monoisotopic (exact) mass is 461 g/mol. The normalized spacial score (nSPS) is 21.6. The fraction of sp³-hybridized carbons (Fsp3) is 0.640. The van der Waals surface area contributed by atoms with Crippen LogP contribution in [-0.4, -0.2) is 62.3 Å². The lowest BCUT2D eigenvalue weighted by atomic mass is 9.77. The van der Waals surface area contributed by atoms with Crippen molar-refractivity contribution in [1.29, 1.82) is 0 Å². The van der Waals surface area contributed by atoms with Gasteiger partial charge in [0.05, 0.1) is 18.8 Å². The lowest BCUT2D eigenvalue weighted by Crippen LogP contribution is -2.54. The maximum Gasteiger partial charge on any atom is 0.282 e. The molecule has 2 spiro atoms. The quantitative estimate of drug-likeness (QED) is 0.408. The summed E-state index contributed by atoms with van der Waals surface area (Å²) in [6, 6.07) is 6.01. The second kappa shape index (κ2) is 10.1. The topological polar surface area (TPSA) is 75.7 Å². The first kappa shape index (κ1) is 24.2. The van der Waals surface area contributed by atoms with Crippen LogP contribution in [0.4, 0.5) is 0 Å². The minimum absolute atomic E-state index is 0.0130. The summed E-state index contributed by atoms with van der Waals surface area (Å²) in [5.74, 6) is -0.211. The van der Waals surface area contributed by atoms with E-state index in [-0.39, 0.29) is 19.5 Å². The lowest BCUT2D eigenvalue weighted by Gasteiger charge is -2.45. The molecule has 0 aromatic heterocycles. The Balaban J connectivity index is 1.79. The van der Waals surface area contributed by atoms with Crippen molar-refractivity contribution in [2.45, 2.75) is 64.7 Å². The van der Waals surface area contributed by atoms with Crippen LogP contribution in [0.2, 0.25) is 0 Å². The molecule has 0 radical (unpaired) electrons. The van der Waals surface area contributed by atoms with Gasteiger partial charge in [-0.1, -0.05) is 18.2 Å². The number of aryl methyl sites for hydroxylation is 2. The van der Waals surface area contributed by atoms with Crippen molar-refractivity contribution in [1.82, 2.24) is 5.06 Å². The number of amides is 1. The first-order valence-electron chi connectivity index (χ1n) is 11.8. The molecule has 0 bridgehead atoms. The molecule has 1 saturated heterocycles. The Labute approximate surface area is 195 Å². The summed E-state index contributed by atoms with van der Waals surface area (Å²) in [5, 5.41) is 1.48. The molecule has 1 aromatic carbocycles. The van der Waals surface area contributed by atoms with Gasteiger partial charge in [-0.15, -0.1) is 0 Å². The molecular weight excluding hydrogens is 426 g/mol. The van der Waals surface area contributed by atoms with Crippen molar-refractivity contribution in [3.05, 3.63) is 40.6 Å². The van der Waals surface area contributed by atoms with Crippen molar-refractivity contribution in [2.75, 3.05) is 40.0 Å². The zero-order valence-electron chi connectivity index (χ0n) is 20.1. The number of benzene rings is 1. The van der Waals surface area contributed by atoms with Crippen LogP contribution >= 0.6 is 0 Å². The highest BCUT2D eigenvalue weighted by molar-refractivity contribution is 6.23. The summed E-state index contributed by atoms with van der Waals surface area (Å²) >= 11 is 0. The highest BCUT2D eigenvalue weighted by atomic mass is 16.8. The average molecular weight is 462 g/mol. The maximum atomic E-state index is 13.9. The van der Waals surface area contributed by atoms with Gasteiger partial charge in [-0.25, -0.2) is 9.90 Å². The van der Waals surface area contributed by atoms with Crippen LogP contribution in [0.25, 0.3) is 5.57 Å². The lowest BCUT2D eigenvalue weighted by molar-refractivity contribution is -0.270. The standard InChI is InChI=1S/C25H35NO7/c1-5-28-16-30-22-21(20-18(3)8-7-9-19(20)4)23(27)26(33-17-29-6-2)24(22)10-12-25(13-11-24)31-14-15-32-25/h7-9H,5-6,10-17H2,1-4H3. The van der Waals surface area contributed by atoms with Crippen LogP contribution in [0.5, 0.6) is 0 Å². The second-order valence-corrected chi connectivity index (χ2v) is 8.70. The van der Waals surface area contributed by atoms with Crippen LogP contribution in [0.1, 0.15) is 56.2 Å². The van der Waals surface area contributed by atoms with Crippen molar-refractivity contribution in [2.24, 2.45) is 0 Å². The highest BCUT2D eigenvalue weighted by Crippen LogP contribution is 2.53. The molecule has 1 aromatic rings. The Morgan fingerprint density at radius 3 is 2.15 bits per heavy atom. The molecular formula is C25H35NO7. The van der Waals surface area contributed by atoms with Gasteiger partial charge in [0.2, 0.25) is 0 Å². The van der Waals surface area contributed by atoms with Crippen molar-refractivity contribution < 1.29 is 33.3 Å². The third-order valence-electron chi connectivity index (χ3n) is 6.78. The molecule has 1 saturated carbocycles. The molecule has 0 atom stereocenters. The van der Waals surface area contributed by atoms with E-state index in [1.165, 1.54) is 5.06 Å². The first-order chi connectivity index (χ1) is 16.0. The van der Waals surface area contributed by atoms with Crippen molar-refractivity contribution in [3.8, 4) is 0 Å². The van der Waals surface area contributed by atoms with E-state index in [9.17, 15) is 4.79 Å². The second-order valence-electron chi connectivity index (χ2n) is 8.70. The number of hydroxylamine groups is 2. The van der Waals surface area contributed by atoms with Crippen LogP contribution in [0, 0.1) is 13.8 Å². The first-order valence-corrected chi connectivity index (χ1v) is 11.8.